The third-order valence-electron chi connectivity index (χ3n) is 2.87. The maximum Gasteiger partial charge on any atom is 0.251 e. The highest BCUT2D eigenvalue weighted by Gasteiger charge is 2.08. The van der Waals surface area contributed by atoms with E-state index in [1.807, 2.05) is 12.1 Å². The fraction of sp³-hybridized carbons (Fsp3) is 0.133. The second kappa shape index (κ2) is 6.95. The van der Waals surface area contributed by atoms with E-state index >= 15 is 0 Å². The van der Waals surface area contributed by atoms with Crippen LogP contribution in [0.5, 0.6) is 5.75 Å². The highest BCUT2D eigenvalue weighted by atomic mass is 79.9. The smallest absolute Gasteiger partial charge is 0.251 e. The zero-order valence-electron chi connectivity index (χ0n) is 11.3. The zero-order valence-corrected chi connectivity index (χ0v) is 14.5. The molecular formula is C15H14Br2N2O2. The van der Waals surface area contributed by atoms with Crippen LogP contribution in [0.15, 0.2) is 45.3 Å². The lowest BCUT2D eigenvalue weighted by atomic mass is 10.1. The van der Waals surface area contributed by atoms with E-state index in [2.05, 4.69) is 37.2 Å². The second-order valence-corrected chi connectivity index (χ2v) is 6.25. The Kier molecular flexibility index (Phi) is 5.25. The van der Waals surface area contributed by atoms with Crippen LogP contribution >= 0.6 is 31.9 Å². The summed E-state index contributed by atoms with van der Waals surface area (Å²) in [6, 6.07) is 10.8. The van der Waals surface area contributed by atoms with E-state index < -0.39 is 0 Å². The molecule has 110 valence electrons. The van der Waals surface area contributed by atoms with Gasteiger partial charge < -0.3 is 15.8 Å². The first-order valence-corrected chi connectivity index (χ1v) is 7.75. The van der Waals surface area contributed by atoms with Crippen LogP contribution < -0.4 is 15.8 Å². The summed E-state index contributed by atoms with van der Waals surface area (Å²) >= 11 is 6.72. The van der Waals surface area contributed by atoms with Crippen molar-refractivity contribution >= 4 is 43.5 Å². The number of amides is 1. The van der Waals surface area contributed by atoms with Crippen molar-refractivity contribution < 1.29 is 9.53 Å². The molecule has 0 bridgehead atoms. The number of halogens is 2. The molecule has 0 unspecified atom stereocenters. The van der Waals surface area contributed by atoms with E-state index in [4.69, 9.17) is 10.5 Å². The van der Waals surface area contributed by atoms with Crippen molar-refractivity contribution in [2.45, 2.75) is 6.54 Å². The van der Waals surface area contributed by atoms with Crippen molar-refractivity contribution in [1.29, 1.82) is 0 Å². The number of benzene rings is 2. The number of anilines is 1. The minimum absolute atomic E-state index is 0.147. The molecule has 3 N–H and O–H groups in total. The molecule has 21 heavy (non-hydrogen) atoms. The number of hydrogen-bond acceptors (Lipinski definition) is 3. The Labute approximate surface area is 139 Å². The molecule has 0 aromatic heterocycles. The van der Waals surface area contributed by atoms with Gasteiger partial charge in [0, 0.05) is 21.1 Å². The maximum atomic E-state index is 12.1. The average Bonchev–Trinajstić information content (AvgIpc) is 2.43. The summed E-state index contributed by atoms with van der Waals surface area (Å²) < 4.78 is 6.78. The minimum Gasteiger partial charge on any atom is -0.495 e. The van der Waals surface area contributed by atoms with E-state index in [9.17, 15) is 4.79 Å². The number of nitrogens with one attached hydrogen (secondary N) is 1. The maximum absolute atomic E-state index is 12.1. The summed E-state index contributed by atoms with van der Waals surface area (Å²) in [4.78, 5) is 12.1. The first-order valence-electron chi connectivity index (χ1n) is 6.16. The Morgan fingerprint density at radius 1 is 1.19 bits per heavy atom. The van der Waals surface area contributed by atoms with Gasteiger partial charge in [-0.3, -0.25) is 4.79 Å². The molecule has 0 aliphatic rings. The van der Waals surface area contributed by atoms with Gasteiger partial charge in [-0.2, -0.15) is 0 Å². The van der Waals surface area contributed by atoms with Crippen molar-refractivity contribution in [2.75, 3.05) is 12.8 Å². The van der Waals surface area contributed by atoms with Gasteiger partial charge >= 0.3 is 0 Å². The predicted octanol–water partition coefficient (Wildman–Crippen LogP) is 3.73. The number of rotatable bonds is 4. The van der Waals surface area contributed by atoms with Gasteiger partial charge in [0.25, 0.3) is 5.91 Å². The largest absolute Gasteiger partial charge is 0.495 e. The van der Waals surface area contributed by atoms with E-state index in [0.29, 0.717) is 23.5 Å². The van der Waals surface area contributed by atoms with Gasteiger partial charge in [0.05, 0.1) is 12.8 Å². The van der Waals surface area contributed by atoms with Gasteiger partial charge in [-0.1, -0.05) is 37.9 Å². The Balaban J connectivity index is 2.05. The van der Waals surface area contributed by atoms with Crippen LogP contribution in [-0.4, -0.2) is 13.0 Å². The molecule has 0 atom stereocenters. The van der Waals surface area contributed by atoms with Crippen molar-refractivity contribution in [1.82, 2.24) is 5.32 Å². The first kappa shape index (κ1) is 15.9. The van der Waals surface area contributed by atoms with Gasteiger partial charge in [0.1, 0.15) is 5.75 Å². The van der Waals surface area contributed by atoms with Crippen LogP contribution in [0.3, 0.4) is 0 Å². The highest BCUT2D eigenvalue weighted by Crippen LogP contribution is 2.22. The molecule has 4 nitrogen and oxygen atoms in total. The molecule has 6 heteroatoms. The molecule has 0 aliphatic carbocycles. The molecule has 0 heterocycles. The van der Waals surface area contributed by atoms with Crippen LogP contribution in [-0.2, 0) is 6.54 Å². The topological polar surface area (TPSA) is 64.3 Å². The molecule has 2 rings (SSSR count). The molecule has 0 saturated heterocycles. The molecule has 0 saturated carbocycles. The molecule has 0 radical (unpaired) electrons. The summed E-state index contributed by atoms with van der Waals surface area (Å²) in [5.41, 5.74) is 7.88. The second-order valence-electron chi connectivity index (χ2n) is 4.42. The Morgan fingerprint density at radius 3 is 2.43 bits per heavy atom. The van der Waals surface area contributed by atoms with Crippen molar-refractivity contribution in [3.8, 4) is 5.75 Å². The Morgan fingerprint density at radius 2 is 1.86 bits per heavy atom. The monoisotopic (exact) mass is 412 g/mol. The SMILES string of the molecule is COc1ccc(CNC(=O)c2cc(Br)cc(Br)c2)cc1N. The van der Waals surface area contributed by atoms with E-state index in [-0.39, 0.29) is 5.91 Å². The van der Waals surface area contributed by atoms with E-state index in [1.54, 1.807) is 31.4 Å². The summed E-state index contributed by atoms with van der Waals surface area (Å²) in [7, 11) is 1.57. The summed E-state index contributed by atoms with van der Waals surface area (Å²) in [6.45, 7) is 0.400. The number of ether oxygens (including phenoxy) is 1. The Bertz CT molecular complexity index is 654. The number of hydrogen-bond donors (Lipinski definition) is 2. The molecule has 2 aromatic rings. The van der Waals surface area contributed by atoms with Gasteiger partial charge in [-0.25, -0.2) is 0 Å². The summed E-state index contributed by atoms with van der Waals surface area (Å²) in [6.07, 6.45) is 0. The van der Waals surface area contributed by atoms with Gasteiger partial charge in [0.15, 0.2) is 0 Å². The van der Waals surface area contributed by atoms with Crippen molar-refractivity contribution in [3.05, 3.63) is 56.5 Å². The molecular weight excluding hydrogens is 400 g/mol. The molecule has 0 spiro atoms. The van der Waals surface area contributed by atoms with Crippen molar-refractivity contribution in [3.63, 3.8) is 0 Å². The van der Waals surface area contributed by atoms with Gasteiger partial charge in [-0.15, -0.1) is 0 Å². The number of carbonyl (C=O) groups excluding carboxylic acids is 1. The minimum atomic E-state index is -0.147. The summed E-state index contributed by atoms with van der Waals surface area (Å²) in [5, 5.41) is 2.86. The molecule has 1 amide bonds. The average molecular weight is 414 g/mol. The summed E-state index contributed by atoms with van der Waals surface area (Å²) in [5.74, 6) is 0.479. The lowest BCUT2D eigenvalue weighted by molar-refractivity contribution is 0.0951. The highest BCUT2D eigenvalue weighted by molar-refractivity contribution is 9.11. The first-order chi connectivity index (χ1) is 9.99. The third kappa shape index (κ3) is 4.22. The zero-order chi connectivity index (χ0) is 15.4. The van der Waals surface area contributed by atoms with E-state index in [1.165, 1.54) is 0 Å². The molecule has 0 fully saturated rings. The fourth-order valence-corrected chi connectivity index (χ4v) is 3.16. The van der Waals surface area contributed by atoms with Gasteiger partial charge in [0.2, 0.25) is 0 Å². The molecule has 0 aliphatic heterocycles. The Hall–Kier alpha value is -1.53. The number of nitrogen functional groups attached to an aromatic ring is 1. The number of methoxy groups -OCH3 is 1. The van der Waals surface area contributed by atoms with Crippen molar-refractivity contribution in [2.24, 2.45) is 0 Å². The lowest BCUT2D eigenvalue weighted by Crippen LogP contribution is -2.22. The quantitative estimate of drug-likeness (QED) is 0.750. The van der Waals surface area contributed by atoms with Gasteiger partial charge in [-0.05, 0) is 35.9 Å². The number of carbonyl (C=O) groups is 1. The van der Waals surface area contributed by atoms with Crippen LogP contribution in [0, 0.1) is 0 Å². The van der Waals surface area contributed by atoms with Crippen LogP contribution in [0.25, 0.3) is 0 Å². The van der Waals surface area contributed by atoms with Crippen LogP contribution in [0.2, 0.25) is 0 Å². The number of nitrogens with two attached hydrogens (primary N) is 1. The lowest BCUT2D eigenvalue weighted by Gasteiger charge is -2.09. The third-order valence-corrected chi connectivity index (χ3v) is 3.79. The normalized spacial score (nSPS) is 10.2. The van der Waals surface area contributed by atoms with Crippen LogP contribution in [0.1, 0.15) is 15.9 Å². The standard InChI is InChI=1S/C15H14Br2N2O2/c1-21-14-3-2-9(4-13(14)18)8-19-15(20)10-5-11(16)7-12(17)6-10/h2-7H,8,18H2,1H3,(H,19,20). The predicted molar refractivity (Wildman–Crippen MR) is 90.4 cm³/mol. The molecule has 2 aromatic carbocycles. The fourth-order valence-electron chi connectivity index (χ4n) is 1.86. The van der Waals surface area contributed by atoms with Crippen LogP contribution in [0.4, 0.5) is 5.69 Å². The van der Waals surface area contributed by atoms with E-state index in [0.717, 1.165) is 14.5 Å².